The van der Waals surface area contributed by atoms with Crippen molar-refractivity contribution >= 4 is 0 Å². The average Bonchev–Trinajstić information content (AvgIpc) is 2.66. The molecule has 20 heavy (non-hydrogen) atoms. The first-order chi connectivity index (χ1) is 9.30. The summed E-state index contributed by atoms with van der Waals surface area (Å²) in [5.74, 6) is 0.659. The molecule has 2 aromatic rings. The van der Waals surface area contributed by atoms with Crippen molar-refractivity contribution in [3.8, 4) is 11.6 Å². The number of aromatic hydroxyl groups is 1. The van der Waals surface area contributed by atoms with E-state index in [1.165, 1.54) is 0 Å². The first-order valence-corrected chi connectivity index (χ1v) is 7.17. The van der Waals surface area contributed by atoms with E-state index in [1.807, 2.05) is 35.0 Å². The molecule has 0 radical (unpaired) electrons. The monoisotopic (exact) mass is 272 g/mol. The van der Waals surface area contributed by atoms with E-state index in [-0.39, 0.29) is 11.3 Å². The lowest BCUT2D eigenvalue weighted by atomic mass is 9.85. The van der Waals surface area contributed by atoms with Crippen LogP contribution in [0.25, 0.3) is 5.69 Å². The van der Waals surface area contributed by atoms with E-state index in [0.717, 1.165) is 23.4 Å². The van der Waals surface area contributed by atoms with Gasteiger partial charge in [-0.25, -0.2) is 4.68 Å². The maximum absolute atomic E-state index is 10.3. The number of rotatable bonds is 3. The molecule has 0 spiro atoms. The van der Waals surface area contributed by atoms with Crippen molar-refractivity contribution in [2.24, 2.45) is 5.92 Å². The van der Waals surface area contributed by atoms with Crippen LogP contribution in [-0.2, 0) is 11.8 Å². The average molecular weight is 272 g/mol. The van der Waals surface area contributed by atoms with Crippen LogP contribution in [-0.4, -0.2) is 14.9 Å². The van der Waals surface area contributed by atoms with Crippen molar-refractivity contribution in [3.63, 3.8) is 0 Å². The summed E-state index contributed by atoms with van der Waals surface area (Å²) in [5, 5.41) is 14.7. The predicted octanol–water partition coefficient (Wildman–Crippen LogP) is 4.07. The molecular weight excluding hydrogens is 248 g/mol. The van der Waals surface area contributed by atoms with Crippen LogP contribution in [0, 0.1) is 5.92 Å². The Bertz CT molecular complexity index is 577. The third-order valence-corrected chi connectivity index (χ3v) is 3.31. The summed E-state index contributed by atoms with van der Waals surface area (Å²) in [5.41, 5.74) is 2.93. The van der Waals surface area contributed by atoms with Crippen LogP contribution in [0.15, 0.2) is 30.3 Å². The second kappa shape index (κ2) is 5.31. The standard InChI is InChI=1S/C17H24N2O/c1-12(2)11-14-15(17(3,4)5)16(20)18-19(14)13-9-7-6-8-10-13/h6-10,12H,11H2,1-5H3,(H,18,20). The summed E-state index contributed by atoms with van der Waals surface area (Å²) >= 11 is 0. The second-order valence-corrected chi connectivity index (χ2v) is 6.74. The van der Waals surface area contributed by atoms with Crippen LogP contribution in [0.2, 0.25) is 0 Å². The van der Waals surface area contributed by atoms with Crippen molar-refractivity contribution in [1.82, 2.24) is 9.78 Å². The summed E-state index contributed by atoms with van der Waals surface area (Å²) in [6.07, 6.45) is 0.898. The zero-order valence-corrected chi connectivity index (χ0v) is 13.0. The maximum Gasteiger partial charge on any atom is 0.234 e. The number of benzene rings is 1. The predicted molar refractivity (Wildman–Crippen MR) is 82.5 cm³/mol. The lowest BCUT2D eigenvalue weighted by Crippen LogP contribution is -2.16. The molecule has 0 aliphatic carbocycles. The Balaban J connectivity index is 2.64. The van der Waals surface area contributed by atoms with Gasteiger partial charge in [-0.15, -0.1) is 5.10 Å². The third kappa shape index (κ3) is 2.87. The molecule has 0 aliphatic rings. The molecule has 0 unspecified atom stereocenters. The summed E-state index contributed by atoms with van der Waals surface area (Å²) in [4.78, 5) is 0. The molecule has 1 heterocycles. The molecular formula is C17H24N2O. The molecule has 3 heteroatoms. The minimum Gasteiger partial charge on any atom is -0.492 e. The van der Waals surface area contributed by atoms with Crippen LogP contribution in [0.4, 0.5) is 0 Å². The molecule has 108 valence electrons. The molecule has 0 fully saturated rings. The fraction of sp³-hybridized carbons (Fsp3) is 0.471. The lowest BCUT2D eigenvalue weighted by molar-refractivity contribution is 0.426. The Morgan fingerprint density at radius 3 is 2.25 bits per heavy atom. The highest BCUT2D eigenvalue weighted by Gasteiger charge is 2.28. The van der Waals surface area contributed by atoms with Crippen molar-refractivity contribution in [2.75, 3.05) is 0 Å². The van der Waals surface area contributed by atoms with Crippen molar-refractivity contribution < 1.29 is 5.11 Å². The van der Waals surface area contributed by atoms with Gasteiger partial charge >= 0.3 is 0 Å². The Morgan fingerprint density at radius 2 is 1.75 bits per heavy atom. The molecule has 3 nitrogen and oxygen atoms in total. The van der Waals surface area contributed by atoms with Crippen molar-refractivity contribution in [1.29, 1.82) is 0 Å². The highest BCUT2D eigenvalue weighted by atomic mass is 16.3. The van der Waals surface area contributed by atoms with E-state index in [9.17, 15) is 5.11 Å². The first-order valence-electron chi connectivity index (χ1n) is 7.17. The van der Waals surface area contributed by atoms with Gasteiger partial charge in [-0.2, -0.15) is 0 Å². The van der Waals surface area contributed by atoms with E-state index >= 15 is 0 Å². The van der Waals surface area contributed by atoms with Crippen LogP contribution >= 0.6 is 0 Å². The highest BCUT2D eigenvalue weighted by Crippen LogP contribution is 2.35. The van der Waals surface area contributed by atoms with Gasteiger partial charge < -0.3 is 5.11 Å². The SMILES string of the molecule is CC(C)Cc1c(C(C)(C)C)c(O)nn1-c1ccccc1. The molecule has 0 saturated heterocycles. The van der Waals surface area contributed by atoms with Crippen molar-refractivity contribution in [3.05, 3.63) is 41.6 Å². The molecule has 0 amide bonds. The molecule has 0 aliphatic heterocycles. The Hall–Kier alpha value is -1.77. The minimum absolute atomic E-state index is 0.124. The van der Waals surface area contributed by atoms with Gasteiger partial charge in [0.2, 0.25) is 5.88 Å². The summed E-state index contributed by atoms with van der Waals surface area (Å²) in [6, 6.07) is 10.00. The van der Waals surface area contributed by atoms with Gasteiger partial charge in [0.25, 0.3) is 0 Å². The molecule has 0 saturated carbocycles. The minimum atomic E-state index is -0.124. The molecule has 0 atom stereocenters. The Kier molecular flexibility index (Phi) is 3.89. The summed E-state index contributed by atoms with van der Waals surface area (Å²) < 4.78 is 1.88. The maximum atomic E-state index is 10.3. The largest absolute Gasteiger partial charge is 0.492 e. The summed E-state index contributed by atoms with van der Waals surface area (Å²) in [6.45, 7) is 10.7. The number of nitrogens with zero attached hydrogens (tertiary/aromatic N) is 2. The number of hydrogen-bond donors (Lipinski definition) is 1. The number of hydrogen-bond acceptors (Lipinski definition) is 2. The van der Waals surface area contributed by atoms with Gasteiger partial charge in [-0.1, -0.05) is 52.8 Å². The van der Waals surface area contributed by atoms with Gasteiger partial charge in [0.1, 0.15) is 0 Å². The second-order valence-electron chi connectivity index (χ2n) is 6.74. The topological polar surface area (TPSA) is 38.1 Å². The van der Waals surface area contributed by atoms with Gasteiger partial charge in [-0.05, 0) is 29.9 Å². The van der Waals surface area contributed by atoms with E-state index < -0.39 is 0 Å². The van der Waals surface area contributed by atoms with Crippen LogP contribution in [0.1, 0.15) is 45.9 Å². The van der Waals surface area contributed by atoms with Gasteiger partial charge in [0.05, 0.1) is 11.4 Å². The zero-order chi connectivity index (χ0) is 14.9. The van der Waals surface area contributed by atoms with Crippen LogP contribution < -0.4 is 0 Å². The van der Waals surface area contributed by atoms with E-state index in [0.29, 0.717) is 5.92 Å². The highest BCUT2D eigenvalue weighted by molar-refractivity contribution is 5.43. The van der Waals surface area contributed by atoms with Gasteiger partial charge in [0.15, 0.2) is 0 Å². The van der Waals surface area contributed by atoms with Crippen molar-refractivity contribution in [2.45, 2.75) is 46.5 Å². The molecule has 1 N–H and O–H groups in total. The number of para-hydroxylation sites is 1. The first kappa shape index (κ1) is 14.6. The Labute approximate surface area is 121 Å². The van der Waals surface area contributed by atoms with Crippen LogP contribution in [0.5, 0.6) is 5.88 Å². The third-order valence-electron chi connectivity index (χ3n) is 3.31. The smallest absolute Gasteiger partial charge is 0.234 e. The fourth-order valence-corrected chi connectivity index (χ4v) is 2.57. The van der Waals surface area contributed by atoms with E-state index in [1.54, 1.807) is 0 Å². The van der Waals surface area contributed by atoms with Crippen LogP contribution in [0.3, 0.4) is 0 Å². The molecule has 2 rings (SSSR count). The number of aromatic nitrogens is 2. The van der Waals surface area contributed by atoms with E-state index in [2.05, 4.69) is 39.7 Å². The van der Waals surface area contributed by atoms with Gasteiger partial charge in [-0.3, -0.25) is 0 Å². The molecule has 1 aromatic heterocycles. The fourth-order valence-electron chi connectivity index (χ4n) is 2.57. The lowest BCUT2D eigenvalue weighted by Gasteiger charge is -2.21. The van der Waals surface area contributed by atoms with E-state index in [4.69, 9.17) is 0 Å². The normalized spacial score (nSPS) is 12.1. The summed E-state index contributed by atoms with van der Waals surface area (Å²) in [7, 11) is 0. The Morgan fingerprint density at radius 1 is 1.15 bits per heavy atom. The molecule has 1 aromatic carbocycles. The zero-order valence-electron chi connectivity index (χ0n) is 13.0. The quantitative estimate of drug-likeness (QED) is 0.914. The van der Waals surface area contributed by atoms with Gasteiger partial charge in [0, 0.05) is 5.56 Å². The molecule has 0 bridgehead atoms.